The van der Waals surface area contributed by atoms with Crippen LogP contribution in [-0.4, -0.2) is 20.9 Å². The van der Waals surface area contributed by atoms with Crippen LogP contribution in [0, 0.1) is 16.9 Å². The third-order valence-corrected chi connectivity index (χ3v) is 11.7. The van der Waals surface area contributed by atoms with Gasteiger partial charge in [0.05, 0.1) is 6.26 Å². The zero-order valence-electron chi connectivity index (χ0n) is 30.7. The number of hydrogen-bond donors (Lipinski definition) is 1. The Balaban J connectivity index is 0.000000269. The molecule has 0 amide bonds. The van der Waals surface area contributed by atoms with Crippen LogP contribution in [0.3, 0.4) is 0 Å². The Bertz CT molecular complexity index is 2130. The zero-order valence-corrected chi connectivity index (χ0v) is 33.9. The molecule has 0 aliphatic rings. The van der Waals surface area contributed by atoms with Crippen LogP contribution in [-0.2, 0) is 30.3 Å². The molecule has 0 spiro atoms. The number of fused-ring (bicyclic) bond motifs is 3. The zero-order chi connectivity index (χ0) is 35.6. The van der Waals surface area contributed by atoms with E-state index in [2.05, 4.69) is 80.4 Å². The number of aliphatic hydroxyl groups is 1. The Morgan fingerprint density at radius 3 is 2.22 bits per heavy atom. The fourth-order valence-electron chi connectivity index (χ4n) is 5.95. The van der Waals surface area contributed by atoms with Gasteiger partial charge in [0.15, 0.2) is 5.78 Å². The topological polar surface area (TPSA) is 76.2 Å². The first-order chi connectivity index (χ1) is 23.3. The summed E-state index contributed by atoms with van der Waals surface area (Å²) >= 11 is 1.75. The quantitative estimate of drug-likeness (QED) is 0.0890. The number of furan rings is 1. The van der Waals surface area contributed by atoms with E-state index < -0.39 is 0 Å². The van der Waals surface area contributed by atoms with E-state index in [1.54, 1.807) is 17.6 Å². The number of allylic oxidation sites excluding steroid dienone is 2. The number of thiophene rings is 1. The molecule has 0 atom stereocenters. The average molecular weight is 866 g/mol. The van der Waals surface area contributed by atoms with E-state index >= 15 is 0 Å². The van der Waals surface area contributed by atoms with Gasteiger partial charge in [-0.1, -0.05) is 91.5 Å². The Morgan fingerprint density at radius 1 is 0.880 bits per heavy atom. The van der Waals surface area contributed by atoms with Crippen LogP contribution in [0.4, 0.5) is 0 Å². The second-order valence-corrected chi connectivity index (χ2v) is 15.6. The maximum atomic E-state index is 12.2. The number of rotatable bonds is 9. The van der Waals surface area contributed by atoms with Crippen molar-refractivity contribution in [3.63, 3.8) is 0 Å². The first kappa shape index (κ1) is 39.2. The van der Waals surface area contributed by atoms with Crippen LogP contribution in [0.1, 0.15) is 93.6 Å². The summed E-state index contributed by atoms with van der Waals surface area (Å²) in [5.74, 6) is 0.286. The van der Waals surface area contributed by atoms with Crippen molar-refractivity contribution in [2.24, 2.45) is 10.8 Å². The summed E-state index contributed by atoms with van der Waals surface area (Å²) in [6.07, 6.45) is 10.2. The molecule has 4 aromatic heterocycles. The Kier molecular flexibility index (Phi) is 12.3. The molecule has 0 aliphatic carbocycles. The smallest absolute Gasteiger partial charge is 0.225 e. The number of benzene rings is 2. The van der Waals surface area contributed by atoms with E-state index in [-0.39, 0.29) is 47.9 Å². The van der Waals surface area contributed by atoms with E-state index in [4.69, 9.17) is 9.40 Å². The molecule has 1 N–H and O–H groups in total. The van der Waals surface area contributed by atoms with Crippen LogP contribution in [0.15, 0.2) is 89.5 Å². The van der Waals surface area contributed by atoms with Gasteiger partial charge in [0.1, 0.15) is 5.76 Å². The summed E-state index contributed by atoms with van der Waals surface area (Å²) in [6.45, 7) is 18.9. The van der Waals surface area contributed by atoms with Crippen LogP contribution in [0.5, 0.6) is 0 Å². The number of aromatic nitrogens is 2. The predicted octanol–water partition coefficient (Wildman–Crippen LogP) is 12.7. The molecule has 4 heterocycles. The number of pyridine rings is 2. The molecule has 2 aromatic carbocycles. The van der Waals surface area contributed by atoms with Crippen molar-refractivity contribution in [1.29, 1.82) is 0 Å². The minimum atomic E-state index is -0.337. The molecule has 6 rings (SSSR count). The van der Waals surface area contributed by atoms with Gasteiger partial charge in [-0.15, -0.1) is 40.5 Å². The minimum absolute atomic E-state index is 0. The van der Waals surface area contributed by atoms with Gasteiger partial charge < -0.3 is 9.52 Å². The van der Waals surface area contributed by atoms with Crippen molar-refractivity contribution in [3.8, 4) is 21.7 Å². The Hall–Kier alpha value is -3.64. The van der Waals surface area contributed by atoms with Crippen molar-refractivity contribution in [2.75, 3.05) is 0 Å². The molecule has 0 saturated carbocycles. The van der Waals surface area contributed by atoms with Gasteiger partial charge in [-0.05, 0) is 60.7 Å². The van der Waals surface area contributed by atoms with Gasteiger partial charge in [0.25, 0.3) is 0 Å². The molecule has 0 fully saturated rings. The van der Waals surface area contributed by atoms with Crippen molar-refractivity contribution in [2.45, 2.75) is 93.4 Å². The number of nitrogens with zero attached hydrogens (tertiary/aromatic N) is 2. The first-order valence-corrected chi connectivity index (χ1v) is 18.2. The summed E-state index contributed by atoms with van der Waals surface area (Å²) in [4.78, 5) is 22.6. The Labute approximate surface area is 314 Å². The number of ketones is 1. The molecule has 0 unspecified atom stereocenters. The van der Waals surface area contributed by atoms with Gasteiger partial charge in [0, 0.05) is 75.6 Å². The molecule has 50 heavy (non-hydrogen) atoms. The number of carbonyl (C=O) groups is 1. The largest absolute Gasteiger partial charge is 0.512 e. The predicted molar refractivity (Wildman–Crippen MR) is 206 cm³/mol. The van der Waals surface area contributed by atoms with E-state index in [1.165, 1.54) is 32.0 Å². The molecule has 265 valence electrons. The molecule has 0 bridgehead atoms. The molecular formula is C43H49IrN2O3S-. The molecule has 5 nitrogen and oxygen atoms in total. The van der Waals surface area contributed by atoms with Crippen LogP contribution < -0.4 is 0 Å². The normalized spacial score (nSPS) is 12.5. The van der Waals surface area contributed by atoms with Crippen LogP contribution in [0.2, 0.25) is 0 Å². The van der Waals surface area contributed by atoms with E-state index in [0.29, 0.717) is 5.71 Å². The number of hydrogen-bond acceptors (Lipinski definition) is 6. The standard InChI is InChI=1S/C28H21N2OS.C15H28O2.Ir/c1-28(2,3)23-14-20(12-17-6-4-5-7-22(17)23)25-26-18(8-10-29-25)15-24(32-26)21-13-19-9-11-31-27(19)30-16-21;1-7-14(5,8-2)12(16)11-13(17)15(6,9-3)10-4;/h4-11,13-16H,1-3H3;11,16H,7-10H2,1-6H3;/q-1;;/b;12-11-;. The third-order valence-electron chi connectivity index (χ3n) is 10.5. The molecular weight excluding hydrogens is 817 g/mol. The van der Waals surface area contributed by atoms with Crippen molar-refractivity contribution >= 4 is 49.1 Å². The molecule has 0 saturated heterocycles. The maximum Gasteiger partial charge on any atom is 0.225 e. The van der Waals surface area contributed by atoms with Gasteiger partial charge in [-0.2, -0.15) is 0 Å². The first-order valence-electron chi connectivity index (χ1n) is 17.4. The second kappa shape index (κ2) is 15.7. The van der Waals surface area contributed by atoms with Crippen molar-refractivity contribution < 1.29 is 34.4 Å². The third kappa shape index (κ3) is 7.96. The molecule has 1 radical (unpaired) electrons. The number of carbonyl (C=O) groups excluding carboxylic acids is 1. The van der Waals surface area contributed by atoms with Crippen molar-refractivity contribution in [1.82, 2.24) is 9.97 Å². The van der Waals surface area contributed by atoms with Gasteiger partial charge >= 0.3 is 0 Å². The summed E-state index contributed by atoms with van der Waals surface area (Å²) in [6, 6.07) is 22.8. The molecule has 7 heteroatoms. The Morgan fingerprint density at radius 2 is 1.56 bits per heavy atom. The monoisotopic (exact) mass is 866 g/mol. The molecule has 0 aliphatic heterocycles. The minimum Gasteiger partial charge on any atom is -0.512 e. The van der Waals surface area contributed by atoms with Crippen molar-refractivity contribution in [3.05, 3.63) is 96.7 Å². The molecule has 6 aromatic rings. The maximum absolute atomic E-state index is 12.2. The SMILES string of the molecule is CC(C)(C)c1cc(-c2nccc3cc(-c4cnc5occc5c4)sc23)[c-]c2ccccc12.CCC(C)(CC)C(=O)/C=C(\O)C(C)(CC)CC.[Ir]. The summed E-state index contributed by atoms with van der Waals surface area (Å²) in [7, 11) is 0. The average Bonchev–Trinajstić information content (AvgIpc) is 3.77. The summed E-state index contributed by atoms with van der Waals surface area (Å²) in [5, 5.41) is 14.7. The fourth-order valence-corrected chi connectivity index (χ4v) is 7.09. The van der Waals surface area contributed by atoms with Gasteiger partial charge in [0.2, 0.25) is 5.71 Å². The van der Waals surface area contributed by atoms with Crippen LogP contribution in [0.25, 0.3) is 53.7 Å². The van der Waals surface area contributed by atoms with Crippen LogP contribution >= 0.6 is 11.3 Å². The van der Waals surface area contributed by atoms with E-state index in [9.17, 15) is 9.90 Å². The van der Waals surface area contributed by atoms with Gasteiger partial charge in [-0.25, -0.2) is 4.98 Å². The number of aliphatic hydroxyl groups excluding tert-OH is 1. The fraction of sp³-hybridized carbons (Fsp3) is 0.372. The second-order valence-electron chi connectivity index (χ2n) is 14.5. The van der Waals surface area contributed by atoms with Gasteiger partial charge in [-0.3, -0.25) is 9.78 Å². The van der Waals surface area contributed by atoms with E-state index in [1.807, 2.05) is 60.0 Å². The van der Waals surface area contributed by atoms with E-state index in [0.717, 1.165) is 53.3 Å². The summed E-state index contributed by atoms with van der Waals surface area (Å²) < 4.78 is 6.56. The summed E-state index contributed by atoms with van der Waals surface area (Å²) in [5.41, 5.74) is 4.50.